The normalized spacial score (nSPS) is 20.4. The molecule has 1 heterocycles. The molecular formula is C15H21NO3. The molecule has 1 N–H and O–H groups in total. The molecule has 1 fully saturated rings. The van der Waals surface area contributed by atoms with E-state index >= 15 is 0 Å². The van der Waals surface area contributed by atoms with E-state index in [0.717, 1.165) is 44.7 Å². The molecular weight excluding hydrogens is 242 g/mol. The number of rotatable bonds is 5. The number of morpholine rings is 1. The Morgan fingerprint density at radius 3 is 2.79 bits per heavy atom. The smallest absolute Gasteiger partial charge is 0.335 e. The summed E-state index contributed by atoms with van der Waals surface area (Å²) in [5.41, 5.74) is 1.50. The Labute approximate surface area is 114 Å². The van der Waals surface area contributed by atoms with E-state index < -0.39 is 5.97 Å². The van der Waals surface area contributed by atoms with Crippen molar-refractivity contribution in [1.29, 1.82) is 0 Å². The van der Waals surface area contributed by atoms with Crippen LogP contribution in [-0.2, 0) is 11.3 Å². The fraction of sp³-hybridized carbons (Fsp3) is 0.533. The molecule has 1 aromatic rings. The standard InChI is InChI=1S/C15H21NO3/c1-2-3-14-11-19-9-8-16(14)10-12-4-6-13(7-5-12)15(17)18/h4-7,14H,2-3,8-11H2,1H3,(H,17,18)/t14-/m0/s1. The van der Waals surface area contributed by atoms with Crippen molar-refractivity contribution >= 4 is 5.97 Å². The number of hydrogen-bond acceptors (Lipinski definition) is 3. The highest BCUT2D eigenvalue weighted by atomic mass is 16.5. The van der Waals surface area contributed by atoms with Gasteiger partial charge >= 0.3 is 5.97 Å². The first-order chi connectivity index (χ1) is 9.20. The molecule has 0 spiro atoms. The van der Waals surface area contributed by atoms with Crippen molar-refractivity contribution in [2.75, 3.05) is 19.8 Å². The van der Waals surface area contributed by atoms with Crippen LogP contribution in [0.3, 0.4) is 0 Å². The maximum Gasteiger partial charge on any atom is 0.335 e. The summed E-state index contributed by atoms with van der Waals surface area (Å²) < 4.78 is 5.53. The quantitative estimate of drug-likeness (QED) is 0.886. The molecule has 1 aliphatic rings. The third kappa shape index (κ3) is 3.78. The van der Waals surface area contributed by atoms with E-state index in [2.05, 4.69) is 11.8 Å². The van der Waals surface area contributed by atoms with Crippen molar-refractivity contribution in [3.63, 3.8) is 0 Å². The number of carboxylic acids is 1. The topological polar surface area (TPSA) is 49.8 Å². The molecule has 1 aliphatic heterocycles. The van der Waals surface area contributed by atoms with Gasteiger partial charge in [-0.2, -0.15) is 0 Å². The van der Waals surface area contributed by atoms with Gasteiger partial charge in [-0.25, -0.2) is 4.79 Å². The Kier molecular flexibility index (Phi) is 4.93. The van der Waals surface area contributed by atoms with Crippen molar-refractivity contribution in [3.8, 4) is 0 Å². The molecule has 1 aromatic carbocycles. The minimum absolute atomic E-state index is 0.343. The van der Waals surface area contributed by atoms with Crippen LogP contribution in [0.25, 0.3) is 0 Å². The summed E-state index contributed by atoms with van der Waals surface area (Å²) in [5.74, 6) is -0.873. The molecule has 0 bridgehead atoms. The summed E-state index contributed by atoms with van der Waals surface area (Å²) in [7, 11) is 0. The van der Waals surface area contributed by atoms with Gasteiger partial charge in [0.15, 0.2) is 0 Å². The maximum atomic E-state index is 10.8. The fourth-order valence-corrected chi connectivity index (χ4v) is 2.48. The van der Waals surface area contributed by atoms with Gasteiger partial charge in [0.05, 0.1) is 18.8 Å². The zero-order valence-corrected chi connectivity index (χ0v) is 11.3. The minimum atomic E-state index is -0.873. The lowest BCUT2D eigenvalue weighted by atomic mass is 10.1. The lowest BCUT2D eigenvalue weighted by Gasteiger charge is -2.35. The molecule has 0 aliphatic carbocycles. The number of benzene rings is 1. The average molecular weight is 263 g/mol. The first-order valence-corrected chi connectivity index (χ1v) is 6.84. The fourth-order valence-electron chi connectivity index (χ4n) is 2.48. The van der Waals surface area contributed by atoms with Gasteiger partial charge in [0, 0.05) is 19.1 Å². The molecule has 4 nitrogen and oxygen atoms in total. The first-order valence-electron chi connectivity index (χ1n) is 6.84. The third-order valence-electron chi connectivity index (χ3n) is 3.56. The van der Waals surface area contributed by atoms with E-state index in [0.29, 0.717) is 11.6 Å². The van der Waals surface area contributed by atoms with E-state index in [-0.39, 0.29) is 0 Å². The molecule has 104 valence electrons. The Hall–Kier alpha value is -1.39. The van der Waals surface area contributed by atoms with Crippen LogP contribution in [0.4, 0.5) is 0 Å². The highest BCUT2D eigenvalue weighted by Crippen LogP contribution is 2.16. The molecule has 1 saturated heterocycles. The van der Waals surface area contributed by atoms with E-state index in [1.165, 1.54) is 0 Å². The van der Waals surface area contributed by atoms with Crippen molar-refractivity contribution in [2.45, 2.75) is 32.4 Å². The molecule has 1 atom stereocenters. The molecule has 0 amide bonds. The molecule has 0 saturated carbocycles. The van der Waals surface area contributed by atoms with Crippen LogP contribution in [0, 0.1) is 0 Å². The SMILES string of the molecule is CCC[C@H]1COCCN1Cc1ccc(C(=O)O)cc1. The van der Waals surface area contributed by atoms with Gasteiger partial charge in [0.1, 0.15) is 0 Å². The third-order valence-corrected chi connectivity index (χ3v) is 3.56. The van der Waals surface area contributed by atoms with Gasteiger partial charge in [0.25, 0.3) is 0 Å². The van der Waals surface area contributed by atoms with E-state index in [1.807, 2.05) is 12.1 Å². The summed E-state index contributed by atoms with van der Waals surface area (Å²) in [6, 6.07) is 7.64. The van der Waals surface area contributed by atoms with Crippen molar-refractivity contribution in [3.05, 3.63) is 35.4 Å². The maximum absolute atomic E-state index is 10.8. The minimum Gasteiger partial charge on any atom is -0.478 e. The summed E-state index contributed by atoms with van der Waals surface area (Å²) in [6.45, 7) is 5.60. The van der Waals surface area contributed by atoms with E-state index in [4.69, 9.17) is 9.84 Å². The molecule has 2 rings (SSSR count). The second kappa shape index (κ2) is 6.68. The lowest BCUT2D eigenvalue weighted by Crippen LogP contribution is -2.44. The molecule has 19 heavy (non-hydrogen) atoms. The predicted molar refractivity (Wildman–Crippen MR) is 73.3 cm³/mol. The van der Waals surface area contributed by atoms with Gasteiger partial charge < -0.3 is 9.84 Å². The van der Waals surface area contributed by atoms with Crippen LogP contribution >= 0.6 is 0 Å². The molecule has 0 aromatic heterocycles. The second-order valence-corrected chi connectivity index (χ2v) is 4.99. The lowest BCUT2D eigenvalue weighted by molar-refractivity contribution is -0.0147. The molecule has 4 heteroatoms. The van der Waals surface area contributed by atoms with Gasteiger partial charge in [0.2, 0.25) is 0 Å². The van der Waals surface area contributed by atoms with E-state index in [1.54, 1.807) is 12.1 Å². The van der Waals surface area contributed by atoms with Crippen LogP contribution < -0.4 is 0 Å². The van der Waals surface area contributed by atoms with Crippen LogP contribution in [0.5, 0.6) is 0 Å². The Morgan fingerprint density at radius 2 is 2.16 bits per heavy atom. The number of aromatic carboxylic acids is 1. The Morgan fingerprint density at radius 1 is 1.42 bits per heavy atom. The summed E-state index contributed by atoms with van der Waals surface area (Å²) >= 11 is 0. The van der Waals surface area contributed by atoms with Gasteiger partial charge in [-0.05, 0) is 24.1 Å². The van der Waals surface area contributed by atoms with Gasteiger partial charge in [-0.3, -0.25) is 4.90 Å². The number of ether oxygens (including phenoxy) is 1. The summed E-state index contributed by atoms with van der Waals surface area (Å²) in [4.78, 5) is 13.2. The van der Waals surface area contributed by atoms with Crippen LogP contribution in [-0.4, -0.2) is 41.8 Å². The zero-order valence-electron chi connectivity index (χ0n) is 11.3. The average Bonchev–Trinajstić information content (AvgIpc) is 2.42. The first kappa shape index (κ1) is 14.0. The number of hydrogen-bond donors (Lipinski definition) is 1. The number of nitrogens with zero attached hydrogens (tertiary/aromatic N) is 1. The van der Waals surface area contributed by atoms with Crippen molar-refractivity contribution in [2.24, 2.45) is 0 Å². The number of carboxylic acid groups (broad SMARTS) is 1. The predicted octanol–water partition coefficient (Wildman–Crippen LogP) is 2.39. The van der Waals surface area contributed by atoms with Gasteiger partial charge in [-0.1, -0.05) is 25.5 Å². The highest BCUT2D eigenvalue weighted by Gasteiger charge is 2.22. The van der Waals surface area contributed by atoms with Crippen molar-refractivity contribution in [1.82, 2.24) is 4.90 Å². The van der Waals surface area contributed by atoms with Crippen LogP contribution in [0.2, 0.25) is 0 Å². The summed E-state index contributed by atoms with van der Waals surface area (Å²) in [6.07, 6.45) is 2.30. The zero-order chi connectivity index (χ0) is 13.7. The monoisotopic (exact) mass is 263 g/mol. The number of carbonyl (C=O) groups is 1. The second-order valence-electron chi connectivity index (χ2n) is 4.99. The largest absolute Gasteiger partial charge is 0.478 e. The molecule has 0 radical (unpaired) electrons. The van der Waals surface area contributed by atoms with E-state index in [9.17, 15) is 4.79 Å². The summed E-state index contributed by atoms with van der Waals surface area (Å²) in [5, 5.41) is 8.88. The highest BCUT2D eigenvalue weighted by molar-refractivity contribution is 5.87. The van der Waals surface area contributed by atoms with Gasteiger partial charge in [-0.15, -0.1) is 0 Å². The molecule has 0 unspecified atom stereocenters. The Bertz CT molecular complexity index is 414. The van der Waals surface area contributed by atoms with Crippen molar-refractivity contribution < 1.29 is 14.6 Å². The van der Waals surface area contributed by atoms with Crippen LogP contribution in [0.15, 0.2) is 24.3 Å². The van der Waals surface area contributed by atoms with Crippen LogP contribution in [0.1, 0.15) is 35.7 Å². The Balaban J connectivity index is 2.00.